The molecule has 2 aromatic heterocycles. The van der Waals surface area contributed by atoms with Gasteiger partial charge in [-0.25, -0.2) is 9.97 Å². The zero-order valence-corrected chi connectivity index (χ0v) is 9.62. The first-order valence-electron chi connectivity index (χ1n) is 5.77. The Balaban J connectivity index is 2.04. The number of H-pyrrole nitrogens is 1. The van der Waals surface area contributed by atoms with Gasteiger partial charge >= 0.3 is 0 Å². The summed E-state index contributed by atoms with van der Waals surface area (Å²) in [5.41, 5.74) is 3.05. The molecule has 0 spiro atoms. The number of hydrogen-bond acceptors (Lipinski definition) is 3. The molecule has 1 fully saturated rings. The molecule has 2 aromatic rings. The summed E-state index contributed by atoms with van der Waals surface area (Å²) in [6.07, 6.45) is 1.86. The first-order valence-corrected chi connectivity index (χ1v) is 5.77. The van der Waals surface area contributed by atoms with Crippen LogP contribution in [0.15, 0.2) is 12.3 Å². The molecule has 4 nitrogen and oxygen atoms in total. The number of aryl methyl sites for hydroxylation is 1. The van der Waals surface area contributed by atoms with Gasteiger partial charge in [-0.1, -0.05) is 6.92 Å². The molecule has 16 heavy (non-hydrogen) atoms. The Morgan fingerprint density at radius 2 is 2.25 bits per heavy atom. The van der Waals surface area contributed by atoms with E-state index in [0.29, 0.717) is 11.8 Å². The van der Waals surface area contributed by atoms with Gasteiger partial charge in [0.15, 0.2) is 5.65 Å². The molecule has 2 atom stereocenters. The van der Waals surface area contributed by atoms with Gasteiger partial charge in [-0.15, -0.1) is 0 Å². The second-order valence-corrected chi connectivity index (χ2v) is 4.75. The molecule has 4 heteroatoms. The zero-order chi connectivity index (χ0) is 11.1. The van der Waals surface area contributed by atoms with Crippen molar-refractivity contribution in [3.63, 3.8) is 0 Å². The van der Waals surface area contributed by atoms with Gasteiger partial charge in [0, 0.05) is 18.7 Å². The molecule has 3 rings (SSSR count). The fourth-order valence-electron chi connectivity index (χ4n) is 2.37. The van der Waals surface area contributed by atoms with Crippen molar-refractivity contribution in [1.29, 1.82) is 0 Å². The molecule has 1 aliphatic heterocycles. The van der Waals surface area contributed by atoms with Crippen molar-refractivity contribution in [2.75, 3.05) is 13.1 Å². The molecule has 1 saturated heterocycles. The number of nitrogens with zero attached hydrogens (tertiary/aromatic N) is 2. The van der Waals surface area contributed by atoms with Crippen LogP contribution in [0.2, 0.25) is 0 Å². The van der Waals surface area contributed by atoms with E-state index in [4.69, 9.17) is 0 Å². The lowest BCUT2D eigenvalue weighted by atomic mass is 9.98. The third kappa shape index (κ3) is 1.50. The van der Waals surface area contributed by atoms with Crippen molar-refractivity contribution in [3.05, 3.63) is 23.7 Å². The quantitative estimate of drug-likeness (QED) is 0.761. The first kappa shape index (κ1) is 9.78. The monoisotopic (exact) mass is 216 g/mol. The predicted molar refractivity (Wildman–Crippen MR) is 63.4 cm³/mol. The second-order valence-electron chi connectivity index (χ2n) is 4.75. The summed E-state index contributed by atoms with van der Waals surface area (Å²) in [7, 11) is 0. The number of rotatable bonds is 1. The van der Waals surface area contributed by atoms with E-state index >= 15 is 0 Å². The number of hydrogen-bond donors (Lipinski definition) is 2. The van der Waals surface area contributed by atoms with Crippen LogP contribution in [0.3, 0.4) is 0 Å². The molecule has 0 aromatic carbocycles. The number of pyridine rings is 1. The average molecular weight is 216 g/mol. The number of nitrogens with one attached hydrogen (secondary N) is 2. The van der Waals surface area contributed by atoms with Gasteiger partial charge in [0.25, 0.3) is 0 Å². The summed E-state index contributed by atoms with van der Waals surface area (Å²) < 4.78 is 0. The fraction of sp³-hybridized carbons (Fsp3) is 0.500. The Morgan fingerprint density at radius 3 is 3.00 bits per heavy atom. The lowest BCUT2D eigenvalue weighted by Gasteiger charge is -2.09. The highest BCUT2D eigenvalue weighted by atomic mass is 15.0. The van der Waals surface area contributed by atoms with Gasteiger partial charge in [0.2, 0.25) is 0 Å². The highest BCUT2D eigenvalue weighted by Gasteiger charge is 2.27. The van der Waals surface area contributed by atoms with E-state index in [1.807, 2.05) is 13.1 Å². The minimum Gasteiger partial charge on any atom is -0.340 e. The van der Waals surface area contributed by atoms with Crippen molar-refractivity contribution in [2.24, 2.45) is 5.92 Å². The number of fused-ring (bicyclic) bond motifs is 1. The molecule has 0 amide bonds. The summed E-state index contributed by atoms with van der Waals surface area (Å²) >= 11 is 0. The predicted octanol–water partition coefficient (Wildman–Crippen LogP) is 1.59. The van der Waals surface area contributed by atoms with E-state index < -0.39 is 0 Å². The number of imidazole rings is 1. The Labute approximate surface area is 94.5 Å². The molecule has 1 aliphatic rings. The molecular formula is C12H16N4. The Hall–Kier alpha value is -1.42. The SMILES string of the molecule is Cc1cnc2nc(C3CNCC3C)[nH]c2c1. The van der Waals surface area contributed by atoms with Gasteiger partial charge in [0.05, 0.1) is 5.52 Å². The summed E-state index contributed by atoms with van der Waals surface area (Å²) in [5.74, 6) is 2.21. The molecule has 0 bridgehead atoms. The summed E-state index contributed by atoms with van der Waals surface area (Å²) in [4.78, 5) is 12.3. The van der Waals surface area contributed by atoms with Crippen molar-refractivity contribution in [2.45, 2.75) is 19.8 Å². The van der Waals surface area contributed by atoms with Crippen LogP contribution >= 0.6 is 0 Å². The van der Waals surface area contributed by atoms with Crippen LogP contribution in [0.1, 0.15) is 24.2 Å². The lowest BCUT2D eigenvalue weighted by Crippen LogP contribution is -2.09. The van der Waals surface area contributed by atoms with E-state index in [2.05, 4.69) is 33.3 Å². The van der Waals surface area contributed by atoms with Crippen LogP contribution < -0.4 is 5.32 Å². The van der Waals surface area contributed by atoms with E-state index in [1.54, 1.807) is 0 Å². The van der Waals surface area contributed by atoms with E-state index in [1.165, 1.54) is 5.56 Å². The van der Waals surface area contributed by atoms with E-state index in [-0.39, 0.29) is 0 Å². The smallest absolute Gasteiger partial charge is 0.177 e. The van der Waals surface area contributed by atoms with Crippen LogP contribution in [0.4, 0.5) is 0 Å². The molecule has 0 aliphatic carbocycles. The second kappa shape index (κ2) is 3.56. The number of aromatic nitrogens is 3. The Bertz CT molecular complexity index is 517. The molecule has 0 radical (unpaired) electrons. The first-order chi connectivity index (χ1) is 7.74. The maximum absolute atomic E-state index is 4.58. The molecule has 0 saturated carbocycles. The third-order valence-electron chi connectivity index (χ3n) is 3.36. The summed E-state index contributed by atoms with van der Waals surface area (Å²) in [6, 6.07) is 2.10. The van der Waals surface area contributed by atoms with Gasteiger partial charge in [-0.05, 0) is 31.0 Å². The van der Waals surface area contributed by atoms with Gasteiger partial charge in [-0.2, -0.15) is 0 Å². The average Bonchev–Trinajstić information content (AvgIpc) is 2.82. The van der Waals surface area contributed by atoms with Crippen LogP contribution in [-0.4, -0.2) is 28.0 Å². The molecule has 84 valence electrons. The Kier molecular flexibility index (Phi) is 2.17. The van der Waals surface area contributed by atoms with Crippen molar-refractivity contribution < 1.29 is 0 Å². The van der Waals surface area contributed by atoms with Crippen LogP contribution in [0.25, 0.3) is 11.2 Å². The van der Waals surface area contributed by atoms with Gasteiger partial charge < -0.3 is 10.3 Å². The minimum atomic E-state index is 0.495. The van der Waals surface area contributed by atoms with Gasteiger partial charge in [0.1, 0.15) is 5.82 Å². The van der Waals surface area contributed by atoms with Crippen LogP contribution in [0, 0.1) is 12.8 Å². The van der Waals surface area contributed by atoms with Crippen molar-refractivity contribution in [1.82, 2.24) is 20.3 Å². The maximum Gasteiger partial charge on any atom is 0.177 e. The highest BCUT2D eigenvalue weighted by Crippen LogP contribution is 2.26. The van der Waals surface area contributed by atoms with Crippen LogP contribution in [0.5, 0.6) is 0 Å². The standard InChI is InChI=1S/C12H16N4/c1-7-3-10-12(14-4-7)16-11(15-10)9-6-13-5-8(9)2/h3-4,8-9,13H,5-6H2,1-2H3,(H,14,15,16). The fourth-order valence-corrected chi connectivity index (χ4v) is 2.37. The topological polar surface area (TPSA) is 53.6 Å². The van der Waals surface area contributed by atoms with Crippen LogP contribution in [-0.2, 0) is 0 Å². The minimum absolute atomic E-state index is 0.495. The van der Waals surface area contributed by atoms with Crippen molar-refractivity contribution >= 4 is 11.2 Å². The summed E-state index contributed by atoms with van der Waals surface area (Å²) in [5, 5.41) is 3.40. The van der Waals surface area contributed by atoms with E-state index in [0.717, 1.165) is 30.1 Å². The third-order valence-corrected chi connectivity index (χ3v) is 3.36. The maximum atomic E-state index is 4.58. The van der Waals surface area contributed by atoms with Gasteiger partial charge in [-0.3, -0.25) is 0 Å². The normalized spacial score (nSPS) is 25.4. The highest BCUT2D eigenvalue weighted by molar-refractivity contribution is 5.71. The van der Waals surface area contributed by atoms with Crippen molar-refractivity contribution in [3.8, 4) is 0 Å². The molecule has 3 heterocycles. The summed E-state index contributed by atoms with van der Waals surface area (Å²) in [6.45, 7) is 6.40. The number of aromatic amines is 1. The Morgan fingerprint density at radius 1 is 1.38 bits per heavy atom. The zero-order valence-electron chi connectivity index (χ0n) is 9.62. The lowest BCUT2D eigenvalue weighted by molar-refractivity contribution is 0.551. The molecule has 2 unspecified atom stereocenters. The largest absolute Gasteiger partial charge is 0.340 e. The molecular weight excluding hydrogens is 200 g/mol. The molecule has 2 N–H and O–H groups in total. The van der Waals surface area contributed by atoms with E-state index in [9.17, 15) is 0 Å².